The lowest BCUT2D eigenvalue weighted by molar-refractivity contribution is -0.141. The fourth-order valence-corrected chi connectivity index (χ4v) is 3.75. The molecule has 29 heavy (non-hydrogen) atoms. The van der Waals surface area contributed by atoms with Crippen molar-refractivity contribution < 1.29 is 22.7 Å². The molecule has 0 radical (unpaired) electrons. The van der Waals surface area contributed by atoms with E-state index in [1.54, 1.807) is 25.0 Å². The van der Waals surface area contributed by atoms with Gasteiger partial charge in [-0.15, -0.1) is 0 Å². The molecule has 2 aliphatic rings. The Morgan fingerprint density at radius 3 is 2.72 bits per heavy atom. The van der Waals surface area contributed by atoms with Gasteiger partial charge in [-0.2, -0.15) is 18.2 Å². The Labute approximate surface area is 165 Å². The minimum absolute atomic E-state index is 0.00179. The fraction of sp³-hybridized carbons (Fsp3) is 0.474. The van der Waals surface area contributed by atoms with Crippen LogP contribution in [-0.4, -0.2) is 46.0 Å². The highest BCUT2D eigenvalue weighted by molar-refractivity contribution is 5.77. The summed E-state index contributed by atoms with van der Waals surface area (Å²) in [5.74, 6) is 1.19. The summed E-state index contributed by atoms with van der Waals surface area (Å²) >= 11 is 0. The average Bonchev–Trinajstić information content (AvgIpc) is 3.06. The molecule has 2 aromatic heterocycles. The van der Waals surface area contributed by atoms with E-state index in [0.29, 0.717) is 50.0 Å². The van der Waals surface area contributed by atoms with Crippen LogP contribution in [0.25, 0.3) is 0 Å². The Hall–Kier alpha value is -2.91. The van der Waals surface area contributed by atoms with Crippen molar-refractivity contribution in [3.8, 4) is 5.88 Å². The number of hydrogen-bond acceptors (Lipinski definition) is 6. The van der Waals surface area contributed by atoms with Crippen molar-refractivity contribution in [2.45, 2.75) is 32.6 Å². The molecule has 10 heteroatoms. The molecule has 1 fully saturated rings. The SMILES string of the molecule is COc1nc(C)nc2c1CN(C(=O)CC1CN(c3ccnc(C(F)(F)F)c3)C1)C2. The summed E-state index contributed by atoms with van der Waals surface area (Å²) in [6.07, 6.45) is -2.96. The fourth-order valence-electron chi connectivity index (χ4n) is 3.75. The molecule has 0 spiro atoms. The molecule has 2 aromatic rings. The second kappa shape index (κ2) is 7.16. The number of ether oxygens (including phenoxy) is 1. The van der Waals surface area contributed by atoms with E-state index < -0.39 is 11.9 Å². The quantitative estimate of drug-likeness (QED) is 0.776. The minimum atomic E-state index is -4.47. The number of rotatable bonds is 4. The van der Waals surface area contributed by atoms with Crippen molar-refractivity contribution in [3.05, 3.63) is 41.1 Å². The molecule has 4 rings (SSSR count). The van der Waals surface area contributed by atoms with E-state index in [4.69, 9.17) is 4.74 Å². The molecule has 7 nitrogen and oxygen atoms in total. The summed E-state index contributed by atoms with van der Waals surface area (Å²) in [7, 11) is 1.54. The highest BCUT2D eigenvalue weighted by Crippen LogP contribution is 2.34. The number of pyridine rings is 1. The third kappa shape index (κ3) is 3.83. The smallest absolute Gasteiger partial charge is 0.433 e. The lowest BCUT2D eigenvalue weighted by Crippen LogP contribution is -2.48. The molecular weight excluding hydrogens is 387 g/mol. The summed E-state index contributed by atoms with van der Waals surface area (Å²) in [5, 5.41) is 0. The molecule has 2 aliphatic heterocycles. The van der Waals surface area contributed by atoms with Gasteiger partial charge in [0.1, 0.15) is 11.5 Å². The van der Waals surface area contributed by atoms with E-state index in [1.165, 1.54) is 0 Å². The molecule has 154 valence electrons. The van der Waals surface area contributed by atoms with Gasteiger partial charge in [-0.3, -0.25) is 9.78 Å². The molecule has 0 saturated carbocycles. The number of fused-ring (bicyclic) bond motifs is 1. The average molecular weight is 407 g/mol. The van der Waals surface area contributed by atoms with E-state index in [2.05, 4.69) is 15.0 Å². The summed E-state index contributed by atoms with van der Waals surface area (Å²) in [6, 6.07) is 2.60. The number of carbonyl (C=O) groups excluding carboxylic acids is 1. The molecule has 0 aromatic carbocycles. The van der Waals surface area contributed by atoms with Gasteiger partial charge in [-0.05, 0) is 19.1 Å². The van der Waals surface area contributed by atoms with Gasteiger partial charge in [-0.25, -0.2) is 4.98 Å². The Bertz CT molecular complexity index is 944. The summed E-state index contributed by atoms with van der Waals surface area (Å²) in [4.78, 5) is 28.3. The van der Waals surface area contributed by atoms with Gasteiger partial charge in [0.25, 0.3) is 0 Å². The Kier molecular flexibility index (Phi) is 4.79. The third-order valence-corrected chi connectivity index (χ3v) is 5.22. The van der Waals surface area contributed by atoms with Crippen LogP contribution in [0.2, 0.25) is 0 Å². The molecule has 0 unspecified atom stereocenters. The molecule has 1 saturated heterocycles. The van der Waals surface area contributed by atoms with Crippen LogP contribution in [0.5, 0.6) is 5.88 Å². The number of aryl methyl sites for hydroxylation is 1. The largest absolute Gasteiger partial charge is 0.481 e. The molecule has 0 atom stereocenters. The predicted octanol–water partition coefficient (Wildman–Crippen LogP) is 2.58. The number of methoxy groups -OCH3 is 1. The zero-order chi connectivity index (χ0) is 20.8. The van der Waals surface area contributed by atoms with E-state index in [1.807, 2.05) is 4.90 Å². The molecule has 0 bridgehead atoms. The highest BCUT2D eigenvalue weighted by atomic mass is 19.4. The number of amides is 1. The summed E-state index contributed by atoms with van der Waals surface area (Å²) in [6.45, 7) is 3.68. The first-order valence-electron chi connectivity index (χ1n) is 9.21. The van der Waals surface area contributed by atoms with Crippen LogP contribution in [-0.2, 0) is 24.1 Å². The van der Waals surface area contributed by atoms with Gasteiger partial charge >= 0.3 is 6.18 Å². The predicted molar refractivity (Wildman–Crippen MR) is 97.1 cm³/mol. The summed E-state index contributed by atoms with van der Waals surface area (Å²) in [5.41, 5.74) is 1.20. The van der Waals surface area contributed by atoms with Crippen molar-refractivity contribution in [2.75, 3.05) is 25.1 Å². The maximum atomic E-state index is 12.8. The highest BCUT2D eigenvalue weighted by Gasteiger charge is 2.36. The first-order chi connectivity index (χ1) is 13.7. The number of aromatic nitrogens is 3. The standard InChI is InChI=1S/C19H20F3N5O2/c1-11-24-15-10-27(9-14(15)18(25-11)29-2)17(28)5-12-7-26(8-12)13-3-4-23-16(6-13)19(20,21)22/h3-4,6,12H,5,7-10H2,1-2H3. The lowest BCUT2D eigenvalue weighted by atomic mass is 9.95. The maximum Gasteiger partial charge on any atom is 0.433 e. The Balaban J connectivity index is 1.34. The van der Waals surface area contributed by atoms with Crippen molar-refractivity contribution in [2.24, 2.45) is 5.92 Å². The van der Waals surface area contributed by atoms with Crippen LogP contribution >= 0.6 is 0 Å². The number of nitrogens with zero attached hydrogens (tertiary/aromatic N) is 5. The number of alkyl halides is 3. The van der Waals surface area contributed by atoms with Crippen LogP contribution in [0.15, 0.2) is 18.3 Å². The zero-order valence-corrected chi connectivity index (χ0v) is 16.0. The first-order valence-corrected chi connectivity index (χ1v) is 9.21. The van der Waals surface area contributed by atoms with E-state index in [9.17, 15) is 18.0 Å². The van der Waals surface area contributed by atoms with Gasteiger partial charge in [0.05, 0.1) is 31.5 Å². The van der Waals surface area contributed by atoms with E-state index >= 15 is 0 Å². The zero-order valence-electron chi connectivity index (χ0n) is 16.0. The molecule has 0 aliphatic carbocycles. The lowest BCUT2D eigenvalue weighted by Gasteiger charge is -2.41. The number of halogens is 3. The van der Waals surface area contributed by atoms with Gasteiger partial charge in [0, 0.05) is 37.3 Å². The molecule has 0 N–H and O–H groups in total. The second-order valence-electron chi connectivity index (χ2n) is 7.33. The van der Waals surface area contributed by atoms with Crippen LogP contribution in [0.1, 0.15) is 29.2 Å². The van der Waals surface area contributed by atoms with Crippen LogP contribution in [0.3, 0.4) is 0 Å². The molecule has 4 heterocycles. The monoisotopic (exact) mass is 407 g/mol. The first kappa shape index (κ1) is 19.4. The molecule has 1 amide bonds. The normalized spacial score (nSPS) is 16.6. The van der Waals surface area contributed by atoms with Crippen LogP contribution in [0, 0.1) is 12.8 Å². The van der Waals surface area contributed by atoms with Gasteiger partial charge < -0.3 is 14.5 Å². The van der Waals surface area contributed by atoms with Crippen LogP contribution in [0.4, 0.5) is 18.9 Å². The second-order valence-corrected chi connectivity index (χ2v) is 7.33. The van der Waals surface area contributed by atoms with Crippen molar-refractivity contribution in [3.63, 3.8) is 0 Å². The topological polar surface area (TPSA) is 71.5 Å². The van der Waals surface area contributed by atoms with E-state index in [-0.39, 0.29) is 11.8 Å². The van der Waals surface area contributed by atoms with Crippen LogP contribution < -0.4 is 9.64 Å². The number of anilines is 1. The van der Waals surface area contributed by atoms with E-state index in [0.717, 1.165) is 23.5 Å². The van der Waals surface area contributed by atoms with Gasteiger partial charge in [0.15, 0.2) is 0 Å². The van der Waals surface area contributed by atoms with Gasteiger partial charge in [0.2, 0.25) is 11.8 Å². The Morgan fingerprint density at radius 1 is 1.28 bits per heavy atom. The molecular formula is C19H20F3N5O2. The number of carbonyl (C=O) groups is 1. The summed E-state index contributed by atoms with van der Waals surface area (Å²) < 4.78 is 43.7. The van der Waals surface area contributed by atoms with Crippen molar-refractivity contribution >= 4 is 11.6 Å². The van der Waals surface area contributed by atoms with Gasteiger partial charge in [-0.1, -0.05) is 0 Å². The van der Waals surface area contributed by atoms with Crippen molar-refractivity contribution in [1.82, 2.24) is 19.9 Å². The maximum absolute atomic E-state index is 12.8. The third-order valence-electron chi connectivity index (χ3n) is 5.22. The van der Waals surface area contributed by atoms with Crippen molar-refractivity contribution in [1.29, 1.82) is 0 Å². The number of hydrogen-bond donors (Lipinski definition) is 0. The minimum Gasteiger partial charge on any atom is -0.481 e. The Morgan fingerprint density at radius 2 is 2.03 bits per heavy atom.